The predicted octanol–water partition coefficient (Wildman–Crippen LogP) is 1.61. The molecule has 0 amide bonds. The molecule has 0 aromatic rings. The van der Waals surface area contributed by atoms with E-state index in [4.69, 9.17) is 0 Å². The van der Waals surface area contributed by atoms with Crippen molar-refractivity contribution in [1.82, 2.24) is 5.32 Å². The Labute approximate surface area is 58.2 Å². The van der Waals surface area contributed by atoms with Gasteiger partial charge in [0.05, 0.1) is 0 Å². The van der Waals surface area contributed by atoms with Gasteiger partial charge in [0, 0.05) is 13.1 Å². The van der Waals surface area contributed by atoms with Gasteiger partial charge in [-0.15, -0.1) is 0 Å². The summed E-state index contributed by atoms with van der Waals surface area (Å²) in [6.07, 6.45) is 2.78. The number of hydrogen-bond donors (Lipinski definition) is 1. The zero-order valence-corrected chi connectivity index (χ0v) is 6.62. The third kappa shape index (κ3) is 7.70. The summed E-state index contributed by atoms with van der Waals surface area (Å²) in [6, 6.07) is 0. The van der Waals surface area contributed by atoms with Crippen molar-refractivity contribution in [2.75, 3.05) is 13.1 Å². The van der Waals surface area contributed by atoms with Crippen LogP contribution in [0.2, 0.25) is 0 Å². The Bertz CT molecular complexity index is 79.1. The van der Waals surface area contributed by atoms with Gasteiger partial charge >= 0.3 is 0 Å². The average molecular weight is 126 g/mol. The van der Waals surface area contributed by atoms with Gasteiger partial charge in [-0.05, 0) is 11.5 Å². The third-order valence-corrected chi connectivity index (χ3v) is 0.905. The lowest BCUT2D eigenvalue weighted by Gasteiger charge is -2.17. The fraction of sp³-hybridized carbons (Fsp3) is 0.750. The largest absolute Gasteiger partial charge is 0.312 e. The molecule has 0 saturated carbocycles. The molecule has 0 aliphatic rings. The Morgan fingerprint density at radius 1 is 1.44 bits per heavy atom. The lowest BCUT2D eigenvalue weighted by atomic mass is 9.97. The summed E-state index contributed by atoms with van der Waals surface area (Å²) in [6.45, 7) is 11.9. The van der Waals surface area contributed by atoms with Crippen molar-refractivity contribution in [2.24, 2.45) is 5.41 Å². The maximum atomic E-state index is 3.49. The van der Waals surface area contributed by atoms with Gasteiger partial charge in [-0.2, -0.15) is 0 Å². The maximum Gasteiger partial charge on any atom is 0.0202 e. The van der Waals surface area contributed by atoms with Crippen LogP contribution in [0.25, 0.3) is 0 Å². The van der Waals surface area contributed by atoms with Gasteiger partial charge in [-0.1, -0.05) is 27.4 Å². The van der Waals surface area contributed by atoms with Crippen LogP contribution < -0.4 is 5.32 Å². The smallest absolute Gasteiger partial charge is 0.0202 e. The quantitative estimate of drug-likeness (QED) is 0.566. The van der Waals surface area contributed by atoms with E-state index < -0.39 is 0 Å². The van der Waals surface area contributed by atoms with E-state index in [0.29, 0.717) is 5.41 Å². The molecule has 0 bridgehead atoms. The summed E-state index contributed by atoms with van der Waals surface area (Å²) in [7, 11) is 0. The summed E-state index contributed by atoms with van der Waals surface area (Å²) in [5.74, 6) is 0. The normalized spacial score (nSPS) is 11.4. The van der Waals surface area contributed by atoms with Crippen molar-refractivity contribution in [3.05, 3.63) is 12.7 Å². The van der Waals surface area contributed by atoms with Crippen molar-refractivity contribution >= 4 is 0 Å². The van der Waals surface area contributed by atoms with E-state index in [-0.39, 0.29) is 0 Å². The van der Waals surface area contributed by atoms with Gasteiger partial charge in [0.25, 0.3) is 0 Å². The standard InChI is InChI=1S/C8H16N/c1-5-6-9-7-8(2,3)4/h9H,1,6-7H2,2-4H3. The molecule has 0 saturated heterocycles. The fourth-order valence-corrected chi connectivity index (χ4v) is 0.526. The van der Waals surface area contributed by atoms with Gasteiger partial charge in [0.2, 0.25) is 0 Å². The zero-order valence-electron chi connectivity index (χ0n) is 6.62. The SMILES string of the molecule is C=[C]CNCC(C)(C)C. The van der Waals surface area contributed by atoms with Crippen LogP contribution in [0, 0.1) is 11.5 Å². The van der Waals surface area contributed by atoms with Crippen molar-refractivity contribution in [2.45, 2.75) is 20.8 Å². The minimum atomic E-state index is 0.372. The zero-order chi connectivity index (χ0) is 7.33. The third-order valence-electron chi connectivity index (χ3n) is 0.905. The van der Waals surface area contributed by atoms with Gasteiger partial charge in [-0.25, -0.2) is 0 Å². The molecule has 9 heavy (non-hydrogen) atoms. The van der Waals surface area contributed by atoms with E-state index in [0.717, 1.165) is 13.1 Å². The van der Waals surface area contributed by atoms with Crippen LogP contribution >= 0.6 is 0 Å². The lowest BCUT2D eigenvalue weighted by molar-refractivity contribution is 0.388. The second-order valence-corrected chi connectivity index (χ2v) is 3.41. The first-order chi connectivity index (χ1) is 4.06. The molecule has 0 aromatic carbocycles. The number of hydrogen-bond acceptors (Lipinski definition) is 1. The minimum Gasteiger partial charge on any atom is -0.312 e. The first-order valence-corrected chi connectivity index (χ1v) is 3.27. The van der Waals surface area contributed by atoms with Crippen LogP contribution in [-0.2, 0) is 0 Å². The van der Waals surface area contributed by atoms with Crippen molar-refractivity contribution in [3.63, 3.8) is 0 Å². The highest BCUT2D eigenvalue weighted by Gasteiger charge is 2.07. The topological polar surface area (TPSA) is 12.0 Å². The lowest BCUT2D eigenvalue weighted by Crippen LogP contribution is -2.26. The molecule has 0 rings (SSSR count). The Morgan fingerprint density at radius 2 is 2.00 bits per heavy atom. The van der Waals surface area contributed by atoms with Gasteiger partial charge in [-0.3, -0.25) is 0 Å². The minimum absolute atomic E-state index is 0.372. The first kappa shape index (κ1) is 8.70. The van der Waals surface area contributed by atoms with Gasteiger partial charge in [0.1, 0.15) is 0 Å². The summed E-state index contributed by atoms with van der Waals surface area (Å²) in [4.78, 5) is 0. The molecule has 1 N–H and O–H groups in total. The highest BCUT2D eigenvalue weighted by molar-refractivity contribution is 4.67. The van der Waals surface area contributed by atoms with Crippen LogP contribution in [0.3, 0.4) is 0 Å². The molecule has 1 radical (unpaired) electrons. The predicted molar refractivity (Wildman–Crippen MR) is 41.2 cm³/mol. The molecular weight excluding hydrogens is 110 g/mol. The molecule has 0 spiro atoms. The van der Waals surface area contributed by atoms with Crippen LogP contribution in [0.1, 0.15) is 20.8 Å². The van der Waals surface area contributed by atoms with Crippen LogP contribution in [0.5, 0.6) is 0 Å². The van der Waals surface area contributed by atoms with Crippen LogP contribution in [0.15, 0.2) is 6.58 Å². The molecule has 1 heteroatoms. The molecular formula is C8H16N. The van der Waals surface area contributed by atoms with Gasteiger partial charge in [0.15, 0.2) is 0 Å². The van der Waals surface area contributed by atoms with Crippen LogP contribution in [-0.4, -0.2) is 13.1 Å². The highest BCUT2D eigenvalue weighted by atomic mass is 14.9. The van der Waals surface area contributed by atoms with E-state index in [2.05, 4.69) is 38.7 Å². The molecule has 0 aliphatic carbocycles. The van der Waals surface area contributed by atoms with E-state index in [1.165, 1.54) is 0 Å². The van der Waals surface area contributed by atoms with Crippen molar-refractivity contribution in [3.8, 4) is 0 Å². The second kappa shape index (κ2) is 3.67. The monoisotopic (exact) mass is 126 g/mol. The Balaban J connectivity index is 3.17. The van der Waals surface area contributed by atoms with Crippen LogP contribution in [0.4, 0.5) is 0 Å². The van der Waals surface area contributed by atoms with Gasteiger partial charge < -0.3 is 5.32 Å². The molecule has 0 aromatic heterocycles. The molecule has 53 valence electrons. The maximum absolute atomic E-state index is 3.49. The molecule has 0 heterocycles. The molecule has 0 unspecified atom stereocenters. The second-order valence-electron chi connectivity index (χ2n) is 3.41. The summed E-state index contributed by atoms with van der Waals surface area (Å²) < 4.78 is 0. The van der Waals surface area contributed by atoms with Crippen molar-refractivity contribution < 1.29 is 0 Å². The fourth-order valence-electron chi connectivity index (χ4n) is 0.526. The Kier molecular flexibility index (Phi) is 3.55. The molecule has 1 nitrogen and oxygen atoms in total. The number of nitrogens with one attached hydrogen (secondary N) is 1. The highest BCUT2D eigenvalue weighted by Crippen LogP contribution is 2.09. The van der Waals surface area contributed by atoms with Crippen molar-refractivity contribution in [1.29, 1.82) is 0 Å². The summed E-state index contributed by atoms with van der Waals surface area (Å²) in [5.41, 5.74) is 0.372. The Morgan fingerprint density at radius 3 is 2.33 bits per heavy atom. The first-order valence-electron chi connectivity index (χ1n) is 3.27. The molecule has 0 atom stereocenters. The molecule has 0 aliphatic heterocycles. The van der Waals surface area contributed by atoms with E-state index in [1.54, 1.807) is 0 Å². The molecule has 0 fully saturated rings. The van der Waals surface area contributed by atoms with E-state index in [1.807, 2.05) is 0 Å². The summed E-state index contributed by atoms with van der Waals surface area (Å²) in [5, 5.41) is 3.20. The van der Waals surface area contributed by atoms with E-state index >= 15 is 0 Å². The van der Waals surface area contributed by atoms with E-state index in [9.17, 15) is 0 Å². The average Bonchev–Trinajstić information content (AvgIpc) is 1.63. The summed E-state index contributed by atoms with van der Waals surface area (Å²) >= 11 is 0. The Hall–Kier alpha value is -0.300. The number of rotatable bonds is 3.